The number of nitrogens with zero attached hydrogens (tertiary/aromatic N) is 1. The molecule has 1 fully saturated rings. The molecule has 0 saturated carbocycles. The average molecular weight is 328 g/mol. The minimum absolute atomic E-state index is 0.341. The molecule has 0 amide bonds. The van der Waals surface area contributed by atoms with Crippen LogP contribution in [0, 0.1) is 6.92 Å². The molecule has 0 bridgehead atoms. The molecule has 120 valence electrons. The van der Waals surface area contributed by atoms with Gasteiger partial charge in [-0.3, -0.25) is 4.90 Å². The Kier molecular flexibility index (Phi) is 4.14. The molecule has 2 aliphatic heterocycles. The molecular weight excluding hydrogens is 306 g/mol. The van der Waals surface area contributed by atoms with Crippen molar-refractivity contribution in [3.63, 3.8) is 0 Å². The summed E-state index contributed by atoms with van der Waals surface area (Å²) in [6.07, 6.45) is 1.44. The maximum atomic E-state index is 6.51. The highest BCUT2D eigenvalue weighted by Gasteiger charge is 2.36. The summed E-state index contributed by atoms with van der Waals surface area (Å²) < 4.78 is 6.13. The van der Waals surface area contributed by atoms with E-state index in [9.17, 15) is 0 Å². The molecule has 3 heteroatoms. The van der Waals surface area contributed by atoms with E-state index in [2.05, 4.69) is 54.3 Å². The molecule has 2 atom stereocenters. The van der Waals surface area contributed by atoms with E-state index in [-0.39, 0.29) is 0 Å². The zero-order valence-corrected chi connectivity index (χ0v) is 14.2. The molecule has 0 N–H and O–H groups in total. The van der Waals surface area contributed by atoms with E-state index in [0.29, 0.717) is 18.6 Å². The second-order valence-corrected chi connectivity index (χ2v) is 7.11. The normalized spacial score (nSPS) is 24.1. The van der Waals surface area contributed by atoms with Gasteiger partial charge < -0.3 is 4.74 Å². The van der Waals surface area contributed by atoms with E-state index < -0.39 is 0 Å². The lowest BCUT2D eigenvalue weighted by molar-refractivity contribution is -0.0325. The molecule has 2 aromatic carbocycles. The van der Waals surface area contributed by atoms with E-state index in [1.165, 1.54) is 16.7 Å². The zero-order valence-electron chi connectivity index (χ0n) is 13.5. The van der Waals surface area contributed by atoms with Crippen LogP contribution in [0.15, 0.2) is 42.5 Å². The van der Waals surface area contributed by atoms with Gasteiger partial charge in [0.05, 0.1) is 12.7 Å². The molecule has 1 saturated heterocycles. The van der Waals surface area contributed by atoms with E-state index in [0.717, 1.165) is 36.6 Å². The summed E-state index contributed by atoms with van der Waals surface area (Å²) in [6, 6.07) is 15.1. The van der Waals surface area contributed by atoms with Crippen molar-refractivity contribution in [1.82, 2.24) is 4.90 Å². The van der Waals surface area contributed by atoms with Crippen molar-refractivity contribution in [3.8, 4) is 0 Å². The van der Waals surface area contributed by atoms with Crippen LogP contribution in [0.1, 0.15) is 34.6 Å². The van der Waals surface area contributed by atoms with Gasteiger partial charge in [-0.05, 0) is 30.0 Å². The number of hydrogen-bond donors (Lipinski definition) is 0. The summed E-state index contributed by atoms with van der Waals surface area (Å²) in [5.74, 6) is 0.439. The minimum atomic E-state index is 0.341. The Labute approximate surface area is 143 Å². The van der Waals surface area contributed by atoms with Crippen molar-refractivity contribution in [1.29, 1.82) is 0 Å². The van der Waals surface area contributed by atoms with Gasteiger partial charge in [0.1, 0.15) is 0 Å². The van der Waals surface area contributed by atoms with Crippen molar-refractivity contribution < 1.29 is 4.74 Å². The summed E-state index contributed by atoms with van der Waals surface area (Å²) in [5, 5.41) is 0.890. The zero-order chi connectivity index (χ0) is 15.8. The number of hydrogen-bond acceptors (Lipinski definition) is 2. The molecule has 2 nitrogen and oxygen atoms in total. The molecule has 0 aromatic heterocycles. The van der Waals surface area contributed by atoms with E-state index in [1.54, 1.807) is 0 Å². The number of benzene rings is 2. The highest BCUT2D eigenvalue weighted by Crippen LogP contribution is 2.40. The Morgan fingerprint density at radius 2 is 2.00 bits per heavy atom. The molecular formula is C20H22ClNO. The fraction of sp³-hybridized carbons (Fsp3) is 0.400. The van der Waals surface area contributed by atoms with Gasteiger partial charge in [0.2, 0.25) is 0 Å². The van der Waals surface area contributed by atoms with Gasteiger partial charge in [-0.15, -0.1) is 0 Å². The predicted octanol–water partition coefficient (Wildman–Crippen LogP) is 4.54. The fourth-order valence-electron chi connectivity index (χ4n) is 3.92. The third-order valence-corrected chi connectivity index (χ3v) is 5.72. The van der Waals surface area contributed by atoms with Gasteiger partial charge in [0.15, 0.2) is 0 Å². The van der Waals surface area contributed by atoms with Crippen LogP contribution in [-0.2, 0) is 17.9 Å². The lowest BCUT2D eigenvalue weighted by atomic mass is 9.82. The second-order valence-electron chi connectivity index (χ2n) is 6.73. The summed E-state index contributed by atoms with van der Waals surface area (Å²) in [7, 11) is 0. The monoisotopic (exact) mass is 327 g/mol. The second kappa shape index (κ2) is 6.27. The number of ether oxygens (including phenoxy) is 1. The van der Waals surface area contributed by atoms with Crippen LogP contribution in [0.5, 0.6) is 0 Å². The van der Waals surface area contributed by atoms with Crippen molar-refractivity contribution in [2.75, 3.05) is 13.1 Å². The standard InChI is InChI=1S/C20H22ClNO/c1-14-7-8-16-17-12-22(11-15-5-3-2-4-6-15)10-9-19(17)23-13-18(16)20(14)21/h2-8,17,19H,9-13H2,1H3/t17-,19-/m0/s1. The molecule has 2 aliphatic rings. The first-order valence-corrected chi connectivity index (χ1v) is 8.76. The number of rotatable bonds is 2. The Morgan fingerprint density at radius 1 is 1.17 bits per heavy atom. The molecule has 2 aromatic rings. The maximum Gasteiger partial charge on any atom is 0.0738 e. The minimum Gasteiger partial charge on any atom is -0.373 e. The lowest BCUT2D eigenvalue weighted by Crippen LogP contribution is -2.44. The van der Waals surface area contributed by atoms with Crippen LogP contribution in [0.3, 0.4) is 0 Å². The highest BCUT2D eigenvalue weighted by atomic mass is 35.5. The van der Waals surface area contributed by atoms with Crippen molar-refractivity contribution in [3.05, 3.63) is 69.7 Å². The van der Waals surface area contributed by atoms with Crippen LogP contribution in [0.4, 0.5) is 0 Å². The van der Waals surface area contributed by atoms with Crippen LogP contribution < -0.4 is 0 Å². The number of likely N-dealkylation sites (tertiary alicyclic amines) is 1. The third-order valence-electron chi connectivity index (χ3n) is 5.20. The molecule has 2 heterocycles. The third kappa shape index (κ3) is 2.91. The summed E-state index contributed by atoms with van der Waals surface area (Å²) in [6.45, 7) is 5.89. The Morgan fingerprint density at radius 3 is 2.83 bits per heavy atom. The summed E-state index contributed by atoms with van der Waals surface area (Å²) >= 11 is 6.51. The number of fused-ring (bicyclic) bond motifs is 3. The van der Waals surface area contributed by atoms with E-state index >= 15 is 0 Å². The molecule has 23 heavy (non-hydrogen) atoms. The summed E-state index contributed by atoms with van der Waals surface area (Å²) in [5.41, 5.74) is 5.12. The lowest BCUT2D eigenvalue weighted by Gasteiger charge is -2.42. The van der Waals surface area contributed by atoms with Gasteiger partial charge in [-0.2, -0.15) is 0 Å². The first-order chi connectivity index (χ1) is 11.2. The van der Waals surface area contributed by atoms with Gasteiger partial charge in [0, 0.05) is 36.1 Å². The quantitative estimate of drug-likeness (QED) is 0.803. The van der Waals surface area contributed by atoms with Crippen LogP contribution in [0.25, 0.3) is 0 Å². The molecule has 0 unspecified atom stereocenters. The average Bonchev–Trinajstić information content (AvgIpc) is 2.59. The SMILES string of the molecule is Cc1ccc2c(c1Cl)CO[C@H]1CCN(Cc3ccccc3)C[C@@H]21. The predicted molar refractivity (Wildman–Crippen MR) is 93.8 cm³/mol. The molecule has 0 radical (unpaired) electrons. The fourth-order valence-corrected chi connectivity index (χ4v) is 4.15. The molecule has 0 spiro atoms. The smallest absolute Gasteiger partial charge is 0.0738 e. The summed E-state index contributed by atoms with van der Waals surface area (Å²) in [4.78, 5) is 2.54. The molecule has 0 aliphatic carbocycles. The van der Waals surface area contributed by atoms with Gasteiger partial charge >= 0.3 is 0 Å². The van der Waals surface area contributed by atoms with Gasteiger partial charge in [0.25, 0.3) is 0 Å². The van der Waals surface area contributed by atoms with Gasteiger partial charge in [-0.25, -0.2) is 0 Å². The van der Waals surface area contributed by atoms with Crippen molar-refractivity contribution in [2.24, 2.45) is 0 Å². The largest absolute Gasteiger partial charge is 0.373 e. The number of aryl methyl sites for hydroxylation is 1. The number of halogens is 1. The topological polar surface area (TPSA) is 12.5 Å². The van der Waals surface area contributed by atoms with Crippen molar-refractivity contribution >= 4 is 11.6 Å². The van der Waals surface area contributed by atoms with Crippen LogP contribution in [-0.4, -0.2) is 24.1 Å². The maximum absolute atomic E-state index is 6.51. The first-order valence-electron chi connectivity index (χ1n) is 8.38. The molecule has 4 rings (SSSR count). The Hall–Kier alpha value is -1.35. The van der Waals surface area contributed by atoms with E-state index in [1.807, 2.05) is 0 Å². The van der Waals surface area contributed by atoms with Gasteiger partial charge in [-0.1, -0.05) is 54.1 Å². The Bertz CT molecular complexity index is 700. The Balaban J connectivity index is 1.57. The highest BCUT2D eigenvalue weighted by molar-refractivity contribution is 6.32. The first kappa shape index (κ1) is 15.2. The van der Waals surface area contributed by atoms with Crippen LogP contribution in [0.2, 0.25) is 5.02 Å². The van der Waals surface area contributed by atoms with Crippen molar-refractivity contribution in [2.45, 2.75) is 38.5 Å². The van der Waals surface area contributed by atoms with Crippen LogP contribution >= 0.6 is 11.6 Å². The van der Waals surface area contributed by atoms with E-state index in [4.69, 9.17) is 16.3 Å². The number of piperidine rings is 1.